The molecule has 0 saturated heterocycles. The SMILES string of the molecule is COc1cccc(-c2nc3cc(C)c(C)cc3[nH]2)c1OC(C)C(=O)O. The molecule has 2 aromatic carbocycles. The van der Waals surface area contributed by atoms with Crippen LogP contribution in [0.1, 0.15) is 18.1 Å². The standard InChI is InChI=1S/C19H20N2O4/c1-10-8-14-15(9-11(10)2)21-18(20-14)13-6-5-7-16(24-4)17(13)25-12(3)19(22)23/h5-9,12H,1-4H3,(H,20,21)(H,22,23). The van der Waals surface area contributed by atoms with Crippen molar-refractivity contribution in [1.29, 1.82) is 0 Å². The number of nitrogens with zero attached hydrogens (tertiary/aromatic N) is 1. The molecule has 0 saturated carbocycles. The lowest BCUT2D eigenvalue weighted by atomic mass is 10.1. The number of H-pyrrole nitrogens is 1. The summed E-state index contributed by atoms with van der Waals surface area (Å²) in [4.78, 5) is 19.1. The van der Waals surface area contributed by atoms with E-state index in [2.05, 4.69) is 9.97 Å². The summed E-state index contributed by atoms with van der Waals surface area (Å²) in [6.45, 7) is 5.56. The van der Waals surface area contributed by atoms with Gasteiger partial charge in [-0.3, -0.25) is 0 Å². The van der Waals surface area contributed by atoms with E-state index < -0.39 is 12.1 Å². The molecule has 6 heteroatoms. The van der Waals surface area contributed by atoms with Crippen molar-refractivity contribution < 1.29 is 19.4 Å². The largest absolute Gasteiger partial charge is 0.493 e. The van der Waals surface area contributed by atoms with Gasteiger partial charge in [-0.15, -0.1) is 0 Å². The van der Waals surface area contributed by atoms with E-state index in [1.54, 1.807) is 6.07 Å². The molecule has 2 N–H and O–H groups in total. The fraction of sp³-hybridized carbons (Fsp3) is 0.263. The number of aromatic nitrogens is 2. The molecular formula is C19H20N2O4. The fourth-order valence-electron chi connectivity index (χ4n) is 2.61. The number of para-hydroxylation sites is 1. The first-order valence-electron chi connectivity index (χ1n) is 7.94. The number of benzene rings is 2. The summed E-state index contributed by atoms with van der Waals surface area (Å²) in [5, 5.41) is 9.15. The van der Waals surface area contributed by atoms with Crippen LogP contribution >= 0.6 is 0 Å². The van der Waals surface area contributed by atoms with Crippen molar-refractivity contribution in [3.05, 3.63) is 41.5 Å². The van der Waals surface area contributed by atoms with E-state index in [0.29, 0.717) is 22.9 Å². The fourth-order valence-corrected chi connectivity index (χ4v) is 2.61. The number of rotatable bonds is 5. The Hall–Kier alpha value is -3.02. The minimum absolute atomic E-state index is 0.354. The van der Waals surface area contributed by atoms with Gasteiger partial charge in [0, 0.05) is 0 Å². The average Bonchev–Trinajstić information content (AvgIpc) is 2.97. The molecule has 0 fully saturated rings. The van der Waals surface area contributed by atoms with Gasteiger partial charge in [0.2, 0.25) is 0 Å². The van der Waals surface area contributed by atoms with Crippen LogP contribution in [0.2, 0.25) is 0 Å². The van der Waals surface area contributed by atoms with Crippen molar-refractivity contribution in [3.63, 3.8) is 0 Å². The lowest BCUT2D eigenvalue weighted by molar-refractivity contribution is -0.144. The Bertz CT molecular complexity index is 907. The Labute approximate surface area is 145 Å². The maximum absolute atomic E-state index is 11.2. The first kappa shape index (κ1) is 16.8. The summed E-state index contributed by atoms with van der Waals surface area (Å²) in [6, 6.07) is 9.43. The zero-order valence-corrected chi connectivity index (χ0v) is 14.6. The third kappa shape index (κ3) is 3.15. The number of carboxylic acids is 1. The van der Waals surface area contributed by atoms with Crippen molar-refractivity contribution in [2.75, 3.05) is 7.11 Å². The monoisotopic (exact) mass is 340 g/mol. The molecule has 3 aromatic rings. The topological polar surface area (TPSA) is 84.4 Å². The second-order valence-corrected chi connectivity index (χ2v) is 5.97. The number of ether oxygens (including phenoxy) is 2. The van der Waals surface area contributed by atoms with Crippen molar-refractivity contribution in [2.24, 2.45) is 0 Å². The van der Waals surface area contributed by atoms with E-state index in [1.165, 1.54) is 19.6 Å². The average molecular weight is 340 g/mol. The molecule has 0 bridgehead atoms. The van der Waals surface area contributed by atoms with Crippen LogP contribution in [0.4, 0.5) is 0 Å². The van der Waals surface area contributed by atoms with Gasteiger partial charge in [-0.1, -0.05) is 6.07 Å². The number of aryl methyl sites for hydroxylation is 2. The summed E-state index contributed by atoms with van der Waals surface area (Å²) in [5.41, 5.74) is 4.74. The van der Waals surface area contributed by atoms with Gasteiger partial charge >= 0.3 is 5.97 Å². The smallest absolute Gasteiger partial charge is 0.344 e. The highest BCUT2D eigenvalue weighted by atomic mass is 16.5. The zero-order chi connectivity index (χ0) is 18.1. The summed E-state index contributed by atoms with van der Waals surface area (Å²) in [5.74, 6) is 0.366. The van der Waals surface area contributed by atoms with Gasteiger partial charge in [-0.05, 0) is 56.2 Å². The second kappa shape index (κ2) is 6.47. The van der Waals surface area contributed by atoms with Crippen LogP contribution in [0, 0.1) is 13.8 Å². The molecule has 0 aliphatic heterocycles. The van der Waals surface area contributed by atoms with E-state index in [9.17, 15) is 4.79 Å². The Morgan fingerprint density at radius 1 is 1.24 bits per heavy atom. The number of imidazole rings is 1. The van der Waals surface area contributed by atoms with E-state index >= 15 is 0 Å². The number of aromatic amines is 1. The number of nitrogens with one attached hydrogen (secondary N) is 1. The molecule has 0 radical (unpaired) electrons. The molecule has 130 valence electrons. The van der Waals surface area contributed by atoms with Gasteiger partial charge in [0.25, 0.3) is 0 Å². The summed E-state index contributed by atoms with van der Waals surface area (Å²) >= 11 is 0. The van der Waals surface area contributed by atoms with Crippen molar-refractivity contribution in [2.45, 2.75) is 26.9 Å². The van der Waals surface area contributed by atoms with Crippen LogP contribution in [-0.4, -0.2) is 34.3 Å². The van der Waals surface area contributed by atoms with E-state index in [-0.39, 0.29) is 0 Å². The lowest BCUT2D eigenvalue weighted by Gasteiger charge is -2.16. The number of carboxylic acid groups (broad SMARTS) is 1. The molecular weight excluding hydrogens is 320 g/mol. The summed E-state index contributed by atoms with van der Waals surface area (Å²) < 4.78 is 11.0. The number of hydrogen-bond donors (Lipinski definition) is 2. The molecule has 1 aromatic heterocycles. The molecule has 1 atom stereocenters. The van der Waals surface area contributed by atoms with Crippen LogP contribution in [0.3, 0.4) is 0 Å². The van der Waals surface area contributed by atoms with Gasteiger partial charge in [0.05, 0.1) is 23.7 Å². The Morgan fingerprint density at radius 2 is 1.96 bits per heavy atom. The Morgan fingerprint density at radius 3 is 2.64 bits per heavy atom. The molecule has 1 unspecified atom stereocenters. The van der Waals surface area contributed by atoms with Crippen LogP contribution < -0.4 is 9.47 Å². The van der Waals surface area contributed by atoms with Crippen LogP contribution in [0.5, 0.6) is 11.5 Å². The molecule has 1 heterocycles. The molecule has 0 aliphatic rings. The predicted octanol–water partition coefficient (Wildman–Crippen LogP) is 3.71. The van der Waals surface area contributed by atoms with Crippen molar-refractivity contribution in [3.8, 4) is 22.9 Å². The highest BCUT2D eigenvalue weighted by molar-refractivity contribution is 5.83. The first-order valence-corrected chi connectivity index (χ1v) is 7.94. The molecule has 3 rings (SSSR count). The van der Waals surface area contributed by atoms with Gasteiger partial charge in [-0.2, -0.15) is 0 Å². The van der Waals surface area contributed by atoms with Crippen molar-refractivity contribution in [1.82, 2.24) is 9.97 Å². The third-order valence-electron chi connectivity index (χ3n) is 4.19. The Kier molecular flexibility index (Phi) is 4.35. The quantitative estimate of drug-likeness (QED) is 0.740. The highest BCUT2D eigenvalue weighted by Crippen LogP contribution is 2.38. The summed E-state index contributed by atoms with van der Waals surface area (Å²) in [7, 11) is 1.52. The maximum Gasteiger partial charge on any atom is 0.344 e. The number of carbonyl (C=O) groups is 1. The van der Waals surface area contributed by atoms with Crippen LogP contribution in [0.15, 0.2) is 30.3 Å². The molecule has 0 aliphatic carbocycles. The van der Waals surface area contributed by atoms with Gasteiger partial charge in [0.1, 0.15) is 5.82 Å². The van der Waals surface area contributed by atoms with E-state index in [4.69, 9.17) is 14.6 Å². The number of fused-ring (bicyclic) bond motifs is 1. The van der Waals surface area contributed by atoms with E-state index in [1.807, 2.05) is 38.1 Å². The number of hydrogen-bond acceptors (Lipinski definition) is 4. The molecule has 6 nitrogen and oxygen atoms in total. The number of methoxy groups -OCH3 is 1. The highest BCUT2D eigenvalue weighted by Gasteiger charge is 2.21. The second-order valence-electron chi connectivity index (χ2n) is 5.97. The number of aliphatic carboxylic acids is 1. The van der Waals surface area contributed by atoms with Gasteiger partial charge < -0.3 is 19.6 Å². The molecule has 0 amide bonds. The summed E-state index contributed by atoms with van der Waals surface area (Å²) in [6.07, 6.45) is -1.01. The minimum Gasteiger partial charge on any atom is -0.493 e. The zero-order valence-electron chi connectivity index (χ0n) is 14.6. The van der Waals surface area contributed by atoms with E-state index in [0.717, 1.165) is 16.6 Å². The molecule has 25 heavy (non-hydrogen) atoms. The van der Waals surface area contributed by atoms with Crippen LogP contribution in [-0.2, 0) is 4.79 Å². The normalized spacial score (nSPS) is 12.2. The predicted molar refractivity (Wildman–Crippen MR) is 95.3 cm³/mol. The Balaban J connectivity index is 2.14. The molecule has 0 spiro atoms. The van der Waals surface area contributed by atoms with Gasteiger partial charge in [-0.25, -0.2) is 9.78 Å². The lowest BCUT2D eigenvalue weighted by Crippen LogP contribution is -2.23. The van der Waals surface area contributed by atoms with Crippen molar-refractivity contribution >= 4 is 17.0 Å². The van der Waals surface area contributed by atoms with Crippen LogP contribution in [0.25, 0.3) is 22.4 Å². The van der Waals surface area contributed by atoms with Gasteiger partial charge in [0.15, 0.2) is 17.6 Å². The minimum atomic E-state index is -1.05. The first-order chi connectivity index (χ1) is 11.9. The maximum atomic E-state index is 11.2. The third-order valence-corrected chi connectivity index (χ3v) is 4.19.